The SMILES string of the molecule is CN(CCNC(=O)CN1C(=O)/C(=C/c2ccc(Cl)cc2)SC2CCCCC21)CCc1ccccc1. The van der Waals surface area contributed by atoms with Gasteiger partial charge in [-0.2, -0.15) is 0 Å². The van der Waals surface area contributed by atoms with Crippen LogP contribution in [0.5, 0.6) is 0 Å². The number of hydrogen-bond donors (Lipinski definition) is 1. The van der Waals surface area contributed by atoms with E-state index in [2.05, 4.69) is 41.5 Å². The van der Waals surface area contributed by atoms with E-state index >= 15 is 0 Å². The van der Waals surface area contributed by atoms with Crippen molar-refractivity contribution in [3.8, 4) is 0 Å². The molecular formula is C28H34ClN3O2S. The number of nitrogens with zero attached hydrogens (tertiary/aromatic N) is 2. The van der Waals surface area contributed by atoms with Crippen LogP contribution in [0, 0.1) is 0 Å². The molecule has 1 saturated heterocycles. The van der Waals surface area contributed by atoms with Crippen molar-refractivity contribution in [1.82, 2.24) is 15.1 Å². The van der Waals surface area contributed by atoms with Crippen LogP contribution < -0.4 is 5.32 Å². The molecule has 2 aromatic rings. The van der Waals surface area contributed by atoms with Crippen molar-refractivity contribution >= 4 is 41.3 Å². The number of hydrogen-bond acceptors (Lipinski definition) is 4. The Bertz CT molecular complexity index is 1030. The van der Waals surface area contributed by atoms with Gasteiger partial charge in [-0.05, 0) is 55.6 Å². The van der Waals surface area contributed by atoms with Crippen LogP contribution in [0.3, 0.4) is 0 Å². The Labute approximate surface area is 217 Å². The highest BCUT2D eigenvalue weighted by molar-refractivity contribution is 8.04. The molecule has 1 aliphatic carbocycles. The number of likely N-dealkylation sites (N-methyl/N-ethyl adjacent to an activating group) is 1. The fourth-order valence-electron chi connectivity index (χ4n) is 4.75. The summed E-state index contributed by atoms with van der Waals surface area (Å²) in [5.41, 5.74) is 2.26. The minimum atomic E-state index is -0.0862. The summed E-state index contributed by atoms with van der Waals surface area (Å²) in [7, 11) is 2.07. The van der Waals surface area contributed by atoms with Crippen LogP contribution in [-0.4, -0.2) is 66.1 Å². The molecule has 0 aromatic heterocycles. The summed E-state index contributed by atoms with van der Waals surface area (Å²) >= 11 is 7.69. The number of benzene rings is 2. The lowest BCUT2D eigenvalue weighted by atomic mass is 9.93. The fourth-order valence-corrected chi connectivity index (χ4v) is 6.34. The quantitative estimate of drug-likeness (QED) is 0.488. The molecule has 0 spiro atoms. The number of halogens is 1. The Balaban J connectivity index is 1.32. The van der Waals surface area contributed by atoms with Crippen LogP contribution in [0.2, 0.25) is 5.02 Å². The molecule has 5 nitrogen and oxygen atoms in total. The molecule has 7 heteroatoms. The number of amides is 2. The van der Waals surface area contributed by atoms with Gasteiger partial charge in [0.15, 0.2) is 0 Å². The summed E-state index contributed by atoms with van der Waals surface area (Å²) in [4.78, 5) is 31.0. The molecular weight excluding hydrogens is 478 g/mol. The average Bonchev–Trinajstić information content (AvgIpc) is 2.87. The smallest absolute Gasteiger partial charge is 0.261 e. The van der Waals surface area contributed by atoms with Gasteiger partial charge in [0, 0.05) is 35.9 Å². The number of carbonyl (C=O) groups is 2. The maximum atomic E-state index is 13.4. The van der Waals surface area contributed by atoms with E-state index in [9.17, 15) is 9.59 Å². The van der Waals surface area contributed by atoms with Crippen LogP contribution >= 0.6 is 23.4 Å². The molecule has 4 rings (SSSR count). The molecule has 2 atom stereocenters. The van der Waals surface area contributed by atoms with Gasteiger partial charge in [0.1, 0.15) is 6.54 Å². The van der Waals surface area contributed by atoms with Crippen molar-refractivity contribution in [2.45, 2.75) is 43.4 Å². The lowest BCUT2D eigenvalue weighted by Crippen LogP contribution is -2.54. The molecule has 35 heavy (non-hydrogen) atoms. The van der Waals surface area contributed by atoms with E-state index in [1.165, 1.54) is 12.0 Å². The number of carbonyl (C=O) groups excluding carboxylic acids is 2. The lowest BCUT2D eigenvalue weighted by Gasteiger charge is -2.43. The third kappa shape index (κ3) is 7.35. The van der Waals surface area contributed by atoms with Gasteiger partial charge in [-0.15, -0.1) is 11.8 Å². The van der Waals surface area contributed by atoms with Crippen molar-refractivity contribution in [3.63, 3.8) is 0 Å². The standard InChI is InChI=1S/C28H34ClN3O2S/c1-31(17-15-21-7-3-2-4-8-21)18-16-30-27(33)20-32-24-9-5-6-10-25(24)35-26(28(32)34)19-22-11-13-23(29)14-12-22/h2-4,7-8,11-14,19,24-25H,5-6,9-10,15-18,20H2,1H3,(H,30,33)/b26-19-. The van der Waals surface area contributed by atoms with Gasteiger partial charge >= 0.3 is 0 Å². The van der Waals surface area contributed by atoms with Crippen molar-refractivity contribution < 1.29 is 9.59 Å². The molecule has 1 heterocycles. The van der Waals surface area contributed by atoms with Crippen LogP contribution in [0.4, 0.5) is 0 Å². The van der Waals surface area contributed by atoms with Crippen molar-refractivity contribution in [2.24, 2.45) is 0 Å². The fraction of sp³-hybridized carbons (Fsp3) is 0.429. The summed E-state index contributed by atoms with van der Waals surface area (Å²) in [6.45, 7) is 2.40. The number of thioether (sulfide) groups is 1. The second kappa shape index (κ2) is 12.6. The third-order valence-electron chi connectivity index (χ3n) is 6.74. The van der Waals surface area contributed by atoms with Crippen molar-refractivity contribution in [1.29, 1.82) is 0 Å². The van der Waals surface area contributed by atoms with Crippen LogP contribution in [0.25, 0.3) is 6.08 Å². The monoisotopic (exact) mass is 511 g/mol. The lowest BCUT2D eigenvalue weighted by molar-refractivity contribution is -0.135. The molecule has 0 bridgehead atoms. The van der Waals surface area contributed by atoms with Crippen LogP contribution in [0.15, 0.2) is 59.5 Å². The normalized spacial score (nSPS) is 21.3. The third-order valence-corrected chi connectivity index (χ3v) is 8.39. The molecule has 2 fully saturated rings. The highest BCUT2D eigenvalue weighted by atomic mass is 35.5. The predicted octanol–water partition coefficient (Wildman–Crippen LogP) is 4.86. The Hall–Kier alpha value is -2.28. The molecule has 0 radical (unpaired) electrons. The zero-order chi connectivity index (χ0) is 24.6. The predicted molar refractivity (Wildman–Crippen MR) is 145 cm³/mol. The van der Waals surface area contributed by atoms with Gasteiger partial charge in [-0.1, -0.05) is 66.9 Å². The Morgan fingerprint density at radius 3 is 2.63 bits per heavy atom. The van der Waals surface area contributed by atoms with Crippen molar-refractivity contribution in [3.05, 3.63) is 75.7 Å². The Morgan fingerprint density at radius 1 is 1.11 bits per heavy atom. The van der Waals surface area contributed by atoms with E-state index in [0.717, 1.165) is 44.3 Å². The number of rotatable bonds is 9. The van der Waals surface area contributed by atoms with E-state index in [1.54, 1.807) is 11.8 Å². The first-order chi connectivity index (χ1) is 17.0. The summed E-state index contributed by atoms with van der Waals surface area (Å²) in [6.07, 6.45) is 7.23. The summed E-state index contributed by atoms with van der Waals surface area (Å²) < 4.78 is 0. The van der Waals surface area contributed by atoms with E-state index in [1.807, 2.05) is 41.3 Å². The van der Waals surface area contributed by atoms with E-state index in [4.69, 9.17) is 11.6 Å². The van der Waals surface area contributed by atoms with Crippen LogP contribution in [-0.2, 0) is 16.0 Å². The van der Waals surface area contributed by atoms with Gasteiger partial charge in [0.25, 0.3) is 5.91 Å². The minimum absolute atomic E-state index is 0.0387. The first-order valence-electron chi connectivity index (χ1n) is 12.4. The van der Waals surface area contributed by atoms with Crippen LogP contribution in [0.1, 0.15) is 36.8 Å². The Kier molecular flexibility index (Phi) is 9.30. The second-order valence-corrected chi connectivity index (χ2v) is 11.1. The molecule has 2 unspecified atom stereocenters. The zero-order valence-electron chi connectivity index (χ0n) is 20.3. The average molecular weight is 512 g/mol. The molecule has 1 N–H and O–H groups in total. The van der Waals surface area contributed by atoms with Gasteiger partial charge in [0.2, 0.25) is 5.91 Å². The second-order valence-electron chi connectivity index (χ2n) is 9.39. The first-order valence-corrected chi connectivity index (χ1v) is 13.7. The Morgan fingerprint density at radius 2 is 1.86 bits per heavy atom. The maximum Gasteiger partial charge on any atom is 0.261 e. The first kappa shape index (κ1) is 25.8. The molecule has 1 saturated carbocycles. The molecule has 2 aromatic carbocycles. The summed E-state index contributed by atoms with van der Waals surface area (Å²) in [5.74, 6) is -0.125. The van der Waals surface area contributed by atoms with Gasteiger partial charge in [0.05, 0.1) is 4.91 Å². The molecule has 2 aliphatic rings. The highest BCUT2D eigenvalue weighted by Crippen LogP contribution is 2.42. The summed E-state index contributed by atoms with van der Waals surface area (Å²) in [6, 6.07) is 18.0. The van der Waals surface area contributed by atoms with Gasteiger partial charge in [-0.25, -0.2) is 0 Å². The van der Waals surface area contributed by atoms with E-state index in [-0.39, 0.29) is 24.4 Å². The molecule has 1 aliphatic heterocycles. The summed E-state index contributed by atoms with van der Waals surface area (Å²) in [5, 5.41) is 4.05. The van der Waals surface area contributed by atoms with Gasteiger partial charge in [-0.3, -0.25) is 9.59 Å². The topological polar surface area (TPSA) is 52.7 Å². The number of nitrogens with one attached hydrogen (secondary N) is 1. The molecule has 2 amide bonds. The van der Waals surface area contributed by atoms with E-state index < -0.39 is 0 Å². The minimum Gasteiger partial charge on any atom is -0.353 e. The van der Waals surface area contributed by atoms with E-state index in [0.29, 0.717) is 21.7 Å². The van der Waals surface area contributed by atoms with Crippen molar-refractivity contribution in [2.75, 3.05) is 33.2 Å². The largest absolute Gasteiger partial charge is 0.353 e. The maximum absolute atomic E-state index is 13.4. The van der Waals surface area contributed by atoms with Gasteiger partial charge < -0.3 is 15.1 Å². The number of fused-ring (bicyclic) bond motifs is 1. The molecule has 186 valence electrons. The highest BCUT2D eigenvalue weighted by Gasteiger charge is 2.41. The zero-order valence-corrected chi connectivity index (χ0v) is 21.9.